The van der Waals surface area contributed by atoms with Crippen molar-refractivity contribution in [2.45, 2.75) is 71.8 Å². The normalized spacial score (nSPS) is 18.6. The molecular weight excluding hydrogens is 368 g/mol. The largest absolute Gasteiger partial charge is 0.453 e. The molecule has 0 radical (unpaired) electrons. The number of hydrogen-bond acceptors (Lipinski definition) is 5. The lowest BCUT2D eigenvalue weighted by molar-refractivity contribution is -0.140. The number of hydrogen-bond donors (Lipinski definition) is 0. The zero-order valence-electron chi connectivity index (χ0n) is 18.2. The van der Waals surface area contributed by atoms with E-state index in [-0.39, 0.29) is 30.5 Å². The number of aryl methyl sites for hydroxylation is 2. The van der Waals surface area contributed by atoms with Gasteiger partial charge < -0.3 is 14.5 Å². The van der Waals surface area contributed by atoms with Crippen LogP contribution in [0.25, 0.3) is 0 Å². The summed E-state index contributed by atoms with van der Waals surface area (Å²) in [4.78, 5) is 37.7. The van der Waals surface area contributed by atoms with Crippen LogP contribution in [-0.2, 0) is 9.59 Å². The first-order chi connectivity index (χ1) is 13.9. The maximum atomic E-state index is 12.7. The minimum atomic E-state index is -0.0819. The highest BCUT2D eigenvalue weighted by molar-refractivity contribution is 5.79. The second-order valence-corrected chi connectivity index (χ2v) is 8.49. The number of likely N-dealkylation sites (tertiary alicyclic amines) is 1. The molecule has 1 saturated carbocycles. The standard InChI is InChI=1S/C22H34N4O3/c1-15-16(2)23-22(24-17(15)3)29-14-20(27)25(4)19-10-12-26(13-11-19)21(28)18-8-6-5-7-9-18/h18-19H,5-14H2,1-4H3. The summed E-state index contributed by atoms with van der Waals surface area (Å²) in [6.45, 7) is 7.19. The third-order valence-corrected chi connectivity index (χ3v) is 6.61. The molecule has 7 heteroatoms. The van der Waals surface area contributed by atoms with Gasteiger partial charge in [0.05, 0.1) is 0 Å². The van der Waals surface area contributed by atoms with Crippen LogP contribution in [0.1, 0.15) is 61.9 Å². The summed E-state index contributed by atoms with van der Waals surface area (Å²) in [5.41, 5.74) is 2.77. The average molecular weight is 403 g/mol. The predicted octanol–water partition coefficient (Wildman–Crippen LogP) is 2.81. The number of carbonyl (C=O) groups is 2. The summed E-state index contributed by atoms with van der Waals surface area (Å²) in [6.07, 6.45) is 7.32. The Labute approximate surface area is 173 Å². The van der Waals surface area contributed by atoms with Gasteiger partial charge in [0.2, 0.25) is 5.91 Å². The number of rotatable bonds is 5. The van der Waals surface area contributed by atoms with E-state index in [1.807, 2.05) is 32.7 Å². The fourth-order valence-corrected chi connectivity index (χ4v) is 4.32. The number of nitrogens with zero attached hydrogens (tertiary/aromatic N) is 4. The number of aromatic nitrogens is 2. The van der Waals surface area contributed by atoms with Crippen LogP contribution in [0, 0.1) is 26.7 Å². The van der Waals surface area contributed by atoms with Gasteiger partial charge in [0.25, 0.3) is 5.91 Å². The van der Waals surface area contributed by atoms with E-state index in [9.17, 15) is 9.59 Å². The molecule has 0 bridgehead atoms. The van der Waals surface area contributed by atoms with Gasteiger partial charge in [0.15, 0.2) is 6.61 Å². The lowest BCUT2D eigenvalue weighted by atomic mass is 9.87. The molecule has 0 N–H and O–H groups in total. The maximum absolute atomic E-state index is 12.7. The van der Waals surface area contributed by atoms with E-state index in [0.29, 0.717) is 5.91 Å². The first-order valence-electron chi connectivity index (χ1n) is 10.9. The van der Waals surface area contributed by atoms with Crippen LogP contribution in [0.5, 0.6) is 6.01 Å². The monoisotopic (exact) mass is 402 g/mol. The Balaban J connectivity index is 1.46. The quantitative estimate of drug-likeness (QED) is 0.757. The minimum absolute atomic E-state index is 0.0698. The van der Waals surface area contributed by atoms with Crippen LogP contribution in [0.15, 0.2) is 0 Å². The molecule has 0 aromatic carbocycles. The molecule has 1 aliphatic carbocycles. The molecule has 1 saturated heterocycles. The molecule has 29 heavy (non-hydrogen) atoms. The molecule has 2 aliphatic rings. The van der Waals surface area contributed by atoms with Gasteiger partial charge in [-0.3, -0.25) is 9.59 Å². The molecule has 2 amide bonds. The summed E-state index contributed by atoms with van der Waals surface area (Å²) >= 11 is 0. The highest BCUT2D eigenvalue weighted by Gasteiger charge is 2.31. The Morgan fingerprint density at radius 1 is 1.00 bits per heavy atom. The van der Waals surface area contributed by atoms with Gasteiger partial charge >= 0.3 is 6.01 Å². The molecule has 2 fully saturated rings. The Morgan fingerprint density at radius 2 is 1.59 bits per heavy atom. The van der Waals surface area contributed by atoms with Gasteiger partial charge in [-0.15, -0.1) is 0 Å². The third kappa shape index (κ3) is 5.25. The van der Waals surface area contributed by atoms with Crippen molar-refractivity contribution in [2.24, 2.45) is 5.92 Å². The van der Waals surface area contributed by atoms with Crippen LogP contribution in [0.3, 0.4) is 0 Å². The van der Waals surface area contributed by atoms with E-state index >= 15 is 0 Å². The fourth-order valence-electron chi connectivity index (χ4n) is 4.32. The van der Waals surface area contributed by atoms with E-state index in [1.54, 1.807) is 4.90 Å². The van der Waals surface area contributed by atoms with Gasteiger partial charge in [-0.2, -0.15) is 0 Å². The van der Waals surface area contributed by atoms with Gasteiger partial charge in [-0.05, 0) is 52.0 Å². The van der Waals surface area contributed by atoms with Gasteiger partial charge in [-0.1, -0.05) is 19.3 Å². The number of ether oxygens (including phenoxy) is 1. The van der Waals surface area contributed by atoms with E-state index in [4.69, 9.17) is 4.74 Å². The summed E-state index contributed by atoms with van der Waals surface area (Å²) in [6, 6.07) is 0.393. The molecule has 3 rings (SSSR count). The topological polar surface area (TPSA) is 75.6 Å². The van der Waals surface area contributed by atoms with E-state index in [0.717, 1.165) is 55.7 Å². The van der Waals surface area contributed by atoms with Crippen LogP contribution in [0.4, 0.5) is 0 Å². The Morgan fingerprint density at radius 3 is 2.17 bits per heavy atom. The van der Waals surface area contributed by atoms with Crippen molar-refractivity contribution in [1.29, 1.82) is 0 Å². The van der Waals surface area contributed by atoms with E-state index < -0.39 is 0 Å². The molecule has 0 spiro atoms. The summed E-state index contributed by atoms with van der Waals surface area (Å²) in [7, 11) is 1.82. The van der Waals surface area contributed by atoms with Crippen molar-refractivity contribution in [3.05, 3.63) is 17.0 Å². The van der Waals surface area contributed by atoms with Crippen LogP contribution < -0.4 is 4.74 Å². The number of piperidine rings is 1. The summed E-state index contributed by atoms with van der Waals surface area (Å²) < 4.78 is 5.56. The lowest BCUT2D eigenvalue weighted by Crippen LogP contribution is -2.49. The highest BCUT2D eigenvalue weighted by atomic mass is 16.5. The van der Waals surface area contributed by atoms with E-state index in [1.165, 1.54) is 19.3 Å². The maximum Gasteiger partial charge on any atom is 0.317 e. The lowest BCUT2D eigenvalue weighted by Gasteiger charge is -2.38. The van der Waals surface area contributed by atoms with Gasteiger partial charge in [0, 0.05) is 43.5 Å². The van der Waals surface area contributed by atoms with Crippen LogP contribution in [0.2, 0.25) is 0 Å². The highest BCUT2D eigenvalue weighted by Crippen LogP contribution is 2.27. The molecule has 1 aromatic rings. The SMILES string of the molecule is Cc1nc(OCC(=O)N(C)C2CCN(C(=O)C3CCCCC3)CC2)nc(C)c1C. The van der Waals surface area contributed by atoms with Crippen molar-refractivity contribution in [3.8, 4) is 6.01 Å². The number of carbonyl (C=O) groups excluding carboxylic acids is 2. The van der Waals surface area contributed by atoms with Crippen molar-refractivity contribution >= 4 is 11.8 Å². The zero-order chi connectivity index (χ0) is 21.0. The van der Waals surface area contributed by atoms with Gasteiger partial charge in [-0.25, -0.2) is 9.97 Å². The smallest absolute Gasteiger partial charge is 0.317 e. The summed E-state index contributed by atoms with van der Waals surface area (Å²) in [5, 5.41) is 0. The van der Waals surface area contributed by atoms with Crippen molar-refractivity contribution in [3.63, 3.8) is 0 Å². The average Bonchev–Trinajstić information content (AvgIpc) is 2.75. The first kappa shape index (κ1) is 21.5. The van der Waals surface area contributed by atoms with Crippen molar-refractivity contribution < 1.29 is 14.3 Å². The molecule has 0 atom stereocenters. The Bertz CT molecular complexity index is 715. The third-order valence-electron chi connectivity index (χ3n) is 6.61. The summed E-state index contributed by atoms with van der Waals surface area (Å²) in [5.74, 6) is 0.457. The number of likely N-dealkylation sites (N-methyl/N-ethyl adjacent to an activating group) is 1. The van der Waals surface area contributed by atoms with Crippen LogP contribution in [-0.4, -0.2) is 64.4 Å². The second kappa shape index (κ2) is 9.55. The predicted molar refractivity (Wildman–Crippen MR) is 111 cm³/mol. The molecule has 7 nitrogen and oxygen atoms in total. The molecule has 1 aliphatic heterocycles. The molecule has 2 heterocycles. The zero-order valence-corrected chi connectivity index (χ0v) is 18.2. The molecular formula is C22H34N4O3. The number of amides is 2. The first-order valence-corrected chi connectivity index (χ1v) is 10.9. The van der Waals surface area contributed by atoms with Gasteiger partial charge in [0.1, 0.15) is 0 Å². The minimum Gasteiger partial charge on any atom is -0.453 e. The van der Waals surface area contributed by atoms with Crippen molar-refractivity contribution in [2.75, 3.05) is 26.7 Å². The van der Waals surface area contributed by atoms with E-state index in [2.05, 4.69) is 9.97 Å². The Kier molecular flexibility index (Phi) is 7.09. The fraction of sp³-hybridized carbons (Fsp3) is 0.727. The van der Waals surface area contributed by atoms with Crippen LogP contribution >= 0.6 is 0 Å². The molecule has 1 aromatic heterocycles. The molecule has 0 unspecified atom stereocenters. The van der Waals surface area contributed by atoms with Crippen molar-refractivity contribution in [1.82, 2.24) is 19.8 Å². The Hall–Kier alpha value is -2.18. The molecule has 160 valence electrons. The second-order valence-electron chi connectivity index (χ2n) is 8.49.